The number of halogens is 1. The van der Waals surface area contributed by atoms with Crippen LogP contribution in [0.1, 0.15) is 11.1 Å². The largest absolute Gasteiger partial charge is 0.367 e. The molecule has 2 atom stereocenters. The number of benzene rings is 2. The van der Waals surface area contributed by atoms with E-state index in [0.717, 1.165) is 11.3 Å². The first kappa shape index (κ1) is 16.7. The van der Waals surface area contributed by atoms with E-state index < -0.39 is 6.04 Å². The molecule has 126 valence electrons. The summed E-state index contributed by atoms with van der Waals surface area (Å²) in [6.45, 7) is 3.91. The molecule has 7 heteroatoms. The van der Waals surface area contributed by atoms with Crippen LogP contribution in [0.2, 0.25) is 5.02 Å². The first-order chi connectivity index (χ1) is 11.5. The van der Waals surface area contributed by atoms with Crippen LogP contribution in [-0.2, 0) is 4.79 Å². The molecule has 0 aliphatic carbocycles. The van der Waals surface area contributed by atoms with Gasteiger partial charge in [0.2, 0.25) is 5.91 Å². The Kier molecular flexibility index (Phi) is 5.01. The number of amides is 1. The van der Waals surface area contributed by atoms with Gasteiger partial charge in [0.1, 0.15) is 12.2 Å². The molecular formula is C17H20ClN5O. The second-order valence-electron chi connectivity index (χ2n) is 5.78. The van der Waals surface area contributed by atoms with Crippen molar-refractivity contribution in [2.24, 2.45) is 0 Å². The van der Waals surface area contributed by atoms with Gasteiger partial charge in [0.25, 0.3) is 0 Å². The normalized spacial score (nSPS) is 20.0. The smallest absolute Gasteiger partial charge is 0.246 e. The molecule has 1 aliphatic heterocycles. The van der Waals surface area contributed by atoms with Crippen molar-refractivity contribution < 1.29 is 4.79 Å². The average molecular weight is 346 g/mol. The second-order valence-corrected chi connectivity index (χ2v) is 6.19. The summed E-state index contributed by atoms with van der Waals surface area (Å²) in [6, 6.07) is 12.9. The number of hydrazine groups is 2. The Balaban J connectivity index is 1.69. The van der Waals surface area contributed by atoms with Crippen molar-refractivity contribution in [3.05, 3.63) is 58.6 Å². The quantitative estimate of drug-likeness (QED) is 0.588. The molecular weight excluding hydrogens is 326 g/mol. The lowest BCUT2D eigenvalue weighted by atomic mass is 10.1. The van der Waals surface area contributed by atoms with E-state index in [1.54, 1.807) is 6.07 Å². The second kappa shape index (κ2) is 7.19. The van der Waals surface area contributed by atoms with Crippen LogP contribution in [0, 0.1) is 13.8 Å². The summed E-state index contributed by atoms with van der Waals surface area (Å²) >= 11 is 6.10. The van der Waals surface area contributed by atoms with E-state index in [0.29, 0.717) is 10.7 Å². The van der Waals surface area contributed by atoms with E-state index in [4.69, 9.17) is 11.6 Å². The molecule has 0 saturated carbocycles. The van der Waals surface area contributed by atoms with Gasteiger partial charge in [-0.05, 0) is 43.7 Å². The number of carbonyl (C=O) groups is 1. The van der Waals surface area contributed by atoms with Gasteiger partial charge in [-0.25, -0.2) is 10.9 Å². The molecule has 6 nitrogen and oxygen atoms in total. The minimum absolute atomic E-state index is 0.164. The molecule has 1 saturated heterocycles. The fourth-order valence-electron chi connectivity index (χ4n) is 2.48. The highest BCUT2D eigenvalue weighted by Gasteiger charge is 2.33. The van der Waals surface area contributed by atoms with Gasteiger partial charge in [-0.2, -0.15) is 5.53 Å². The maximum absolute atomic E-state index is 12.6. The van der Waals surface area contributed by atoms with E-state index in [1.807, 2.05) is 50.2 Å². The topological polar surface area (TPSA) is 77.2 Å². The van der Waals surface area contributed by atoms with E-state index in [2.05, 4.69) is 27.0 Å². The number of hydrogen-bond donors (Lipinski definition) is 5. The fourth-order valence-corrected chi connectivity index (χ4v) is 2.66. The van der Waals surface area contributed by atoms with Crippen LogP contribution in [0.4, 0.5) is 11.4 Å². The van der Waals surface area contributed by atoms with Gasteiger partial charge in [-0.3, -0.25) is 4.79 Å². The molecule has 0 bridgehead atoms. The highest BCUT2D eigenvalue weighted by molar-refractivity contribution is 6.31. The van der Waals surface area contributed by atoms with Crippen molar-refractivity contribution in [2.45, 2.75) is 26.1 Å². The predicted molar refractivity (Wildman–Crippen MR) is 96.6 cm³/mol. The van der Waals surface area contributed by atoms with Crippen LogP contribution >= 0.6 is 11.6 Å². The minimum atomic E-state index is -0.496. The molecule has 1 amide bonds. The zero-order chi connectivity index (χ0) is 17.1. The Morgan fingerprint density at radius 3 is 2.58 bits per heavy atom. The number of nitrogens with one attached hydrogen (secondary N) is 5. The van der Waals surface area contributed by atoms with Gasteiger partial charge >= 0.3 is 0 Å². The average Bonchev–Trinajstić information content (AvgIpc) is 3.02. The van der Waals surface area contributed by atoms with Gasteiger partial charge in [-0.1, -0.05) is 35.4 Å². The highest BCUT2D eigenvalue weighted by atomic mass is 35.5. The van der Waals surface area contributed by atoms with Crippen LogP contribution < -0.4 is 27.0 Å². The standard InChI is InChI=1S/C17H20ClN5O/c1-10-6-8-12(9-7-10)19-16-15(21-23-22-16)17(24)20-14-5-3-4-13(18)11(14)2/h3-9,15-16,19,21-23H,1-2H3,(H,20,24). The Hall–Kier alpha value is -2.12. The van der Waals surface area contributed by atoms with E-state index in [9.17, 15) is 4.79 Å². The van der Waals surface area contributed by atoms with Crippen molar-refractivity contribution in [1.82, 2.24) is 16.4 Å². The van der Waals surface area contributed by atoms with Crippen LogP contribution in [-0.4, -0.2) is 18.1 Å². The third-order valence-corrected chi connectivity index (χ3v) is 4.38. The summed E-state index contributed by atoms with van der Waals surface area (Å²) in [5.41, 5.74) is 12.4. The first-order valence-electron chi connectivity index (χ1n) is 7.70. The molecule has 2 aromatic carbocycles. The molecule has 0 aromatic heterocycles. The fraction of sp³-hybridized carbons (Fsp3) is 0.235. The lowest BCUT2D eigenvalue weighted by Crippen LogP contribution is -2.48. The lowest BCUT2D eigenvalue weighted by Gasteiger charge is -2.20. The van der Waals surface area contributed by atoms with Crippen LogP contribution in [0.15, 0.2) is 42.5 Å². The van der Waals surface area contributed by atoms with Crippen molar-refractivity contribution >= 4 is 28.9 Å². The highest BCUT2D eigenvalue weighted by Crippen LogP contribution is 2.23. The first-order valence-corrected chi connectivity index (χ1v) is 8.07. The lowest BCUT2D eigenvalue weighted by molar-refractivity contribution is -0.118. The van der Waals surface area contributed by atoms with Gasteiger partial charge in [0.05, 0.1) is 0 Å². The van der Waals surface area contributed by atoms with Crippen LogP contribution in [0.5, 0.6) is 0 Å². The molecule has 0 radical (unpaired) electrons. The van der Waals surface area contributed by atoms with Gasteiger partial charge in [-0.15, -0.1) is 0 Å². The summed E-state index contributed by atoms with van der Waals surface area (Å²) in [5.74, 6) is -0.164. The van der Waals surface area contributed by atoms with E-state index in [-0.39, 0.29) is 12.1 Å². The Morgan fingerprint density at radius 1 is 1.08 bits per heavy atom. The van der Waals surface area contributed by atoms with E-state index >= 15 is 0 Å². The van der Waals surface area contributed by atoms with Crippen molar-refractivity contribution in [3.8, 4) is 0 Å². The maximum atomic E-state index is 12.6. The van der Waals surface area contributed by atoms with Gasteiger partial charge in [0, 0.05) is 16.4 Å². The van der Waals surface area contributed by atoms with E-state index in [1.165, 1.54) is 5.56 Å². The summed E-state index contributed by atoms with van der Waals surface area (Å²) < 4.78 is 0. The molecule has 3 rings (SSSR count). The SMILES string of the molecule is Cc1ccc(NC2NNNC2C(=O)Nc2cccc(Cl)c2C)cc1. The maximum Gasteiger partial charge on any atom is 0.246 e. The third-order valence-electron chi connectivity index (χ3n) is 3.97. The molecule has 5 N–H and O–H groups in total. The minimum Gasteiger partial charge on any atom is -0.367 e. The monoisotopic (exact) mass is 345 g/mol. The number of hydrogen-bond acceptors (Lipinski definition) is 5. The molecule has 0 spiro atoms. The Morgan fingerprint density at radius 2 is 1.83 bits per heavy atom. The summed E-state index contributed by atoms with van der Waals surface area (Å²) in [5, 5.41) is 6.82. The summed E-state index contributed by atoms with van der Waals surface area (Å²) in [4.78, 5) is 12.6. The number of carbonyl (C=O) groups excluding carboxylic acids is 1. The number of aryl methyl sites for hydroxylation is 1. The van der Waals surface area contributed by atoms with Crippen LogP contribution in [0.3, 0.4) is 0 Å². The van der Waals surface area contributed by atoms with Crippen molar-refractivity contribution in [3.63, 3.8) is 0 Å². The third kappa shape index (κ3) is 3.68. The molecule has 2 aromatic rings. The molecule has 1 aliphatic rings. The predicted octanol–water partition coefficient (Wildman–Crippen LogP) is 2.31. The zero-order valence-corrected chi connectivity index (χ0v) is 14.2. The molecule has 1 heterocycles. The summed E-state index contributed by atoms with van der Waals surface area (Å²) in [6.07, 6.45) is -0.299. The zero-order valence-electron chi connectivity index (χ0n) is 13.5. The van der Waals surface area contributed by atoms with Crippen molar-refractivity contribution in [1.29, 1.82) is 0 Å². The summed E-state index contributed by atoms with van der Waals surface area (Å²) in [7, 11) is 0. The van der Waals surface area contributed by atoms with Crippen molar-refractivity contribution in [2.75, 3.05) is 10.6 Å². The number of rotatable bonds is 4. The Labute approximate surface area is 145 Å². The molecule has 1 fully saturated rings. The van der Waals surface area contributed by atoms with Gasteiger partial charge in [0.15, 0.2) is 0 Å². The molecule has 24 heavy (non-hydrogen) atoms. The van der Waals surface area contributed by atoms with Crippen LogP contribution in [0.25, 0.3) is 0 Å². The Bertz CT molecular complexity index is 734. The van der Waals surface area contributed by atoms with Gasteiger partial charge < -0.3 is 10.6 Å². The molecule has 2 unspecified atom stereocenters. The number of anilines is 2.